The molecule has 1 aromatic carbocycles. The highest BCUT2D eigenvalue weighted by Crippen LogP contribution is 2.20. The van der Waals surface area contributed by atoms with Gasteiger partial charge in [0.1, 0.15) is 0 Å². The van der Waals surface area contributed by atoms with Crippen molar-refractivity contribution in [3.63, 3.8) is 0 Å². The lowest BCUT2D eigenvalue weighted by atomic mass is 10.2. The number of hydrogen-bond donors (Lipinski definition) is 0. The third kappa shape index (κ3) is 4.56. The molecule has 1 fully saturated rings. The van der Waals surface area contributed by atoms with Crippen LogP contribution in [0.5, 0.6) is 0 Å². The van der Waals surface area contributed by atoms with Gasteiger partial charge in [-0.2, -0.15) is 0 Å². The zero-order chi connectivity index (χ0) is 15.1. The smallest absolute Gasteiger partial charge is 0.306 e. The predicted octanol–water partition coefficient (Wildman–Crippen LogP) is 2.15. The molecule has 2 rings (SSSR count). The van der Waals surface area contributed by atoms with E-state index in [1.807, 2.05) is 30.3 Å². The van der Waals surface area contributed by atoms with Gasteiger partial charge in [-0.1, -0.05) is 18.2 Å². The van der Waals surface area contributed by atoms with E-state index in [-0.39, 0.29) is 30.8 Å². The molecule has 0 radical (unpaired) electrons. The number of rotatable bonds is 6. The van der Waals surface area contributed by atoms with Crippen LogP contribution in [0.3, 0.4) is 0 Å². The van der Waals surface area contributed by atoms with Gasteiger partial charge >= 0.3 is 5.97 Å². The number of carbonyl (C=O) groups excluding carboxylic acids is 2. The maximum Gasteiger partial charge on any atom is 0.306 e. The summed E-state index contributed by atoms with van der Waals surface area (Å²) in [5.74, 6) is -0.449. The Morgan fingerprint density at radius 3 is 2.67 bits per heavy atom. The van der Waals surface area contributed by atoms with Crippen molar-refractivity contribution in [2.45, 2.75) is 31.8 Å². The molecule has 21 heavy (non-hydrogen) atoms. The summed E-state index contributed by atoms with van der Waals surface area (Å²) in [4.78, 5) is 25.3. The summed E-state index contributed by atoms with van der Waals surface area (Å²) in [7, 11) is 1.33. The molecule has 1 aliphatic rings. The van der Waals surface area contributed by atoms with E-state index in [4.69, 9.17) is 4.74 Å². The molecule has 1 heterocycles. The zero-order valence-electron chi connectivity index (χ0n) is 12.3. The Hall–Kier alpha value is -1.88. The van der Waals surface area contributed by atoms with E-state index in [1.165, 1.54) is 7.11 Å². The number of esters is 1. The predicted molar refractivity (Wildman–Crippen MR) is 79.0 cm³/mol. The van der Waals surface area contributed by atoms with Crippen molar-refractivity contribution < 1.29 is 19.1 Å². The van der Waals surface area contributed by atoms with Crippen LogP contribution in [0.2, 0.25) is 0 Å². The van der Waals surface area contributed by atoms with Crippen LogP contribution in [0.1, 0.15) is 25.7 Å². The monoisotopic (exact) mass is 291 g/mol. The van der Waals surface area contributed by atoms with Crippen molar-refractivity contribution in [2.24, 2.45) is 0 Å². The lowest BCUT2D eigenvalue weighted by Gasteiger charge is -2.25. The molecular weight excluding hydrogens is 270 g/mol. The number of methoxy groups -OCH3 is 1. The van der Waals surface area contributed by atoms with E-state index in [1.54, 1.807) is 4.90 Å². The number of benzene rings is 1. The standard InChI is InChI=1S/C16H21NO4/c1-20-16(19)10-9-15(18)17(12-14-8-5-11-21-14)13-6-3-2-4-7-13/h2-4,6-7,14H,5,8-12H2,1H3. The maximum atomic E-state index is 12.4. The van der Waals surface area contributed by atoms with Crippen LogP contribution in [0.15, 0.2) is 30.3 Å². The molecule has 1 unspecified atom stereocenters. The normalized spacial score (nSPS) is 17.5. The molecular formula is C16H21NO4. The Morgan fingerprint density at radius 1 is 1.29 bits per heavy atom. The topological polar surface area (TPSA) is 55.8 Å². The Bertz CT molecular complexity index is 468. The molecule has 0 saturated carbocycles. The largest absolute Gasteiger partial charge is 0.469 e. The fourth-order valence-corrected chi connectivity index (χ4v) is 2.40. The summed E-state index contributed by atoms with van der Waals surface area (Å²) in [6, 6.07) is 9.49. The molecule has 5 heteroatoms. The van der Waals surface area contributed by atoms with E-state index in [2.05, 4.69) is 4.74 Å². The number of carbonyl (C=O) groups is 2. The summed E-state index contributed by atoms with van der Waals surface area (Å²) in [6.45, 7) is 1.29. The van der Waals surface area contributed by atoms with Gasteiger partial charge in [0, 0.05) is 18.7 Å². The fourth-order valence-electron chi connectivity index (χ4n) is 2.40. The first-order valence-corrected chi connectivity index (χ1v) is 7.24. The molecule has 1 aromatic rings. The van der Waals surface area contributed by atoms with Gasteiger partial charge in [-0.25, -0.2) is 0 Å². The summed E-state index contributed by atoms with van der Waals surface area (Å²) >= 11 is 0. The SMILES string of the molecule is COC(=O)CCC(=O)N(CC1CCCO1)c1ccccc1. The third-order valence-electron chi connectivity index (χ3n) is 3.55. The molecule has 5 nitrogen and oxygen atoms in total. The highest BCUT2D eigenvalue weighted by Gasteiger charge is 2.24. The van der Waals surface area contributed by atoms with Gasteiger partial charge in [-0.3, -0.25) is 9.59 Å². The molecule has 1 aliphatic heterocycles. The molecule has 1 atom stereocenters. The number of para-hydroxylation sites is 1. The van der Waals surface area contributed by atoms with Crippen LogP contribution < -0.4 is 4.90 Å². The van der Waals surface area contributed by atoms with Crippen LogP contribution in [0.4, 0.5) is 5.69 Å². The average Bonchev–Trinajstić information content (AvgIpc) is 3.04. The third-order valence-corrected chi connectivity index (χ3v) is 3.55. The van der Waals surface area contributed by atoms with Crippen molar-refractivity contribution in [3.8, 4) is 0 Å². The first-order chi connectivity index (χ1) is 10.2. The molecule has 0 N–H and O–H groups in total. The van der Waals surface area contributed by atoms with Gasteiger partial charge in [0.15, 0.2) is 0 Å². The van der Waals surface area contributed by atoms with Gasteiger partial charge in [-0.15, -0.1) is 0 Å². The summed E-state index contributed by atoms with van der Waals surface area (Å²) in [5.41, 5.74) is 0.836. The second-order valence-corrected chi connectivity index (χ2v) is 5.05. The van der Waals surface area contributed by atoms with E-state index < -0.39 is 0 Å². The molecule has 0 aliphatic carbocycles. The quantitative estimate of drug-likeness (QED) is 0.754. The van der Waals surface area contributed by atoms with Gasteiger partial charge in [0.05, 0.1) is 26.2 Å². The minimum Gasteiger partial charge on any atom is -0.469 e. The van der Waals surface area contributed by atoms with E-state index in [0.717, 1.165) is 25.1 Å². The molecule has 0 bridgehead atoms. The number of ether oxygens (including phenoxy) is 2. The summed E-state index contributed by atoms with van der Waals surface area (Å²) < 4.78 is 10.2. The van der Waals surface area contributed by atoms with Crippen molar-refractivity contribution in [1.82, 2.24) is 0 Å². The first-order valence-electron chi connectivity index (χ1n) is 7.24. The lowest BCUT2D eigenvalue weighted by molar-refractivity contribution is -0.141. The van der Waals surface area contributed by atoms with Crippen molar-refractivity contribution in [2.75, 3.05) is 25.2 Å². The Balaban J connectivity index is 2.03. The highest BCUT2D eigenvalue weighted by atomic mass is 16.5. The Morgan fingerprint density at radius 2 is 2.05 bits per heavy atom. The van der Waals surface area contributed by atoms with Crippen LogP contribution in [0.25, 0.3) is 0 Å². The molecule has 1 amide bonds. The number of anilines is 1. The van der Waals surface area contributed by atoms with Gasteiger partial charge in [0.25, 0.3) is 0 Å². The Labute approximate surface area is 124 Å². The Kier molecular flexibility index (Phi) is 5.75. The minimum absolute atomic E-state index is 0.0762. The minimum atomic E-state index is -0.367. The van der Waals surface area contributed by atoms with E-state index in [0.29, 0.717) is 6.54 Å². The van der Waals surface area contributed by atoms with Gasteiger partial charge in [0.2, 0.25) is 5.91 Å². The van der Waals surface area contributed by atoms with Crippen LogP contribution in [-0.2, 0) is 19.1 Å². The van der Waals surface area contributed by atoms with Crippen molar-refractivity contribution >= 4 is 17.6 Å². The van der Waals surface area contributed by atoms with Crippen molar-refractivity contribution in [1.29, 1.82) is 0 Å². The average molecular weight is 291 g/mol. The first kappa shape index (κ1) is 15.5. The molecule has 1 saturated heterocycles. The maximum absolute atomic E-state index is 12.4. The van der Waals surface area contributed by atoms with Crippen molar-refractivity contribution in [3.05, 3.63) is 30.3 Å². The molecule has 0 spiro atoms. The van der Waals surface area contributed by atoms with Crippen LogP contribution in [0, 0.1) is 0 Å². The van der Waals surface area contributed by atoms with E-state index >= 15 is 0 Å². The lowest BCUT2D eigenvalue weighted by Crippen LogP contribution is -2.37. The fraction of sp³-hybridized carbons (Fsp3) is 0.500. The second-order valence-electron chi connectivity index (χ2n) is 5.05. The van der Waals surface area contributed by atoms with Gasteiger partial charge < -0.3 is 14.4 Å². The van der Waals surface area contributed by atoms with Crippen LogP contribution >= 0.6 is 0 Å². The van der Waals surface area contributed by atoms with Gasteiger partial charge in [-0.05, 0) is 25.0 Å². The number of amides is 1. The summed E-state index contributed by atoms with van der Waals surface area (Å²) in [6.07, 6.45) is 2.32. The highest BCUT2D eigenvalue weighted by molar-refractivity contribution is 5.94. The second kappa shape index (κ2) is 7.78. The number of hydrogen-bond acceptors (Lipinski definition) is 4. The van der Waals surface area contributed by atoms with E-state index in [9.17, 15) is 9.59 Å². The molecule has 0 aromatic heterocycles. The van der Waals surface area contributed by atoms with Crippen LogP contribution in [-0.4, -0.2) is 38.2 Å². The zero-order valence-corrected chi connectivity index (χ0v) is 12.3. The number of nitrogens with zero attached hydrogens (tertiary/aromatic N) is 1. The molecule has 114 valence electrons. The summed E-state index contributed by atoms with van der Waals surface area (Å²) in [5, 5.41) is 0.